The highest BCUT2D eigenvalue weighted by atomic mass is 32.2. The van der Waals surface area contributed by atoms with Gasteiger partial charge >= 0.3 is 0 Å². The van der Waals surface area contributed by atoms with E-state index in [2.05, 4.69) is 9.97 Å². The molecule has 0 bridgehead atoms. The van der Waals surface area contributed by atoms with Crippen molar-refractivity contribution in [3.8, 4) is 0 Å². The van der Waals surface area contributed by atoms with E-state index < -0.39 is 6.10 Å². The average molecular weight is 216 g/mol. The highest BCUT2D eigenvalue weighted by molar-refractivity contribution is 7.99. The normalized spacial score (nSPS) is 12.8. The molecule has 1 unspecified atom stereocenters. The topological polar surface area (TPSA) is 86.2 Å². The van der Waals surface area contributed by atoms with Gasteiger partial charge in [0.25, 0.3) is 5.56 Å². The van der Waals surface area contributed by atoms with Gasteiger partial charge in [0.1, 0.15) is 10.9 Å². The third-order valence-electron chi connectivity index (χ3n) is 1.47. The number of aryl methyl sites for hydroxylation is 1. The molecule has 0 saturated carbocycles. The summed E-state index contributed by atoms with van der Waals surface area (Å²) < 4.78 is 0. The number of aliphatic hydroxyl groups is 2. The molecule has 0 aromatic carbocycles. The van der Waals surface area contributed by atoms with Crippen molar-refractivity contribution in [2.75, 3.05) is 12.4 Å². The fraction of sp³-hybridized carbons (Fsp3) is 0.500. The highest BCUT2D eigenvalue weighted by Gasteiger charge is 2.04. The minimum atomic E-state index is -0.776. The first-order valence-corrected chi connectivity index (χ1v) is 5.10. The molecule has 0 saturated heterocycles. The van der Waals surface area contributed by atoms with Crippen molar-refractivity contribution < 1.29 is 10.2 Å². The van der Waals surface area contributed by atoms with Gasteiger partial charge in [0.05, 0.1) is 12.7 Å². The number of H-pyrrole nitrogens is 1. The van der Waals surface area contributed by atoms with E-state index in [-0.39, 0.29) is 12.2 Å². The van der Waals surface area contributed by atoms with Crippen LogP contribution in [0.2, 0.25) is 0 Å². The first-order valence-electron chi connectivity index (χ1n) is 4.11. The minimum Gasteiger partial charge on any atom is -0.394 e. The number of aromatic amines is 1. The Labute approximate surface area is 85.2 Å². The second kappa shape index (κ2) is 5.14. The summed E-state index contributed by atoms with van der Waals surface area (Å²) in [6, 6.07) is 1.36. The molecule has 1 rings (SSSR count). The molecule has 1 atom stereocenters. The Balaban J connectivity index is 2.63. The van der Waals surface area contributed by atoms with E-state index in [0.29, 0.717) is 16.6 Å². The third-order valence-corrected chi connectivity index (χ3v) is 2.53. The Morgan fingerprint density at radius 2 is 2.43 bits per heavy atom. The van der Waals surface area contributed by atoms with E-state index in [1.807, 2.05) is 0 Å². The molecular formula is C8H12N2O3S. The summed E-state index contributed by atoms with van der Waals surface area (Å²) in [5.41, 5.74) is -0.210. The van der Waals surface area contributed by atoms with E-state index in [9.17, 15) is 4.79 Å². The predicted molar refractivity (Wildman–Crippen MR) is 53.4 cm³/mol. The maximum Gasteiger partial charge on any atom is 0.251 e. The standard InChI is InChI=1S/C8H12N2O3S/c1-5-9-7(13)2-8(10-5)14-4-6(12)3-11/h2,6,11-12H,3-4H2,1H3,(H,9,10,13). The zero-order valence-electron chi connectivity index (χ0n) is 7.73. The van der Waals surface area contributed by atoms with Crippen LogP contribution in [-0.2, 0) is 0 Å². The molecule has 1 heterocycles. The number of thioether (sulfide) groups is 1. The van der Waals surface area contributed by atoms with E-state index >= 15 is 0 Å². The summed E-state index contributed by atoms with van der Waals surface area (Å²) in [6.07, 6.45) is -0.776. The molecule has 1 aromatic heterocycles. The van der Waals surface area contributed by atoms with Gasteiger partial charge in [-0.25, -0.2) is 4.98 Å². The number of hydrogen-bond acceptors (Lipinski definition) is 5. The van der Waals surface area contributed by atoms with Gasteiger partial charge in [-0.15, -0.1) is 11.8 Å². The van der Waals surface area contributed by atoms with Crippen LogP contribution < -0.4 is 5.56 Å². The number of aromatic nitrogens is 2. The molecule has 6 heteroatoms. The van der Waals surface area contributed by atoms with Gasteiger partial charge in [-0.1, -0.05) is 0 Å². The van der Waals surface area contributed by atoms with Crippen LogP contribution >= 0.6 is 11.8 Å². The molecular weight excluding hydrogens is 204 g/mol. The van der Waals surface area contributed by atoms with Crippen LogP contribution in [0, 0.1) is 6.92 Å². The SMILES string of the molecule is Cc1nc(SCC(O)CO)cc(=O)[nH]1. The maximum absolute atomic E-state index is 11.0. The van der Waals surface area contributed by atoms with Crippen molar-refractivity contribution in [1.29, 1.82) is 0 Å². The lowest BCUT2D eigenvalue weighted by Gasteiger charge is -2.05. The predicted octanol–water partition coefficient (Wildman–Crippen LogP) is -0.476. The van der Waals surface area contributed by atoms with Crippen LogP contribution in [0.3, 0.4) is 0 Å². The van der Waals surface area contributed by atoms with E-state index in [0.717, 1.165) is 0 Å². The van der Waals surface area contributed by atoms with E-state index in [4.69, 9.17) is 10.2 Å². The second-order valence-electron chi connectivity index (χ2n) is 2.82. The average Bonchev–Trinajstić information content (AvgIpc) is 2.12. The monoisotopic (exact) mass is 216 g/mol. The van der Waals surface area contributed by atoms with Gasteiger partial charge in [-0.2, -0.15) is 0 Å². The molecule has 5 nitrogen and oxygen atoms in total. The molecule has 1 aromatic rings. The van der Waals surface area contributed by atoms with Crippen LogP contribution in [0.1, 0.15) is 5.82 Å². The summed E-state index contributed by atoms with van der Waals surface area (Å²) >= 11 is 1.24. The molecule has 14 heavy (non-hydrogen) atoms. The number of rotatable bonds is 4. The van der Waals surface area contributed by atoms with Crippen molar-refractivity contribution in [3.63, 3.8) is 0 Å². The molecule has 0 aliphatic heterocycles. The summed E-state index contributed by atoms with van der Waals surface area (Å²) in [4.78, 5) is 17.6. The van der Waals surface area contributed by atoms with Crippen molar-refractivity contribution in [2.45, 2.75) is 18.1 Å². The van der Waals surface area contributed by atoms with Gasteiger partial charge in [0.2, 0.25) is 0 Å². The first-order chi connectivity index (χ1) is 6.61. The summed E-state index contributed by atoms with van der Waals surface area (Å²) in [5, 5.41) is 18.2. The Morgan fingerprint density at radius 3 is 3.00 bits per heavy atom. The maximum atomic E-state index is 11.0. The van der Waals surface area contributed by atoms with Gasteiger partial charge in [0.15, 0.2) is 0 Å². The molecule has 0 amide bonds. The highest BCUT2D eigenvalue weighted by Crippen LogP contribution is 2.13. The van der Waals surface area contributed by atoms with Crippen molar-refractivity contribution in [3.05, 3.63) is 22.2 Å². The minimum absolute atomic E-state index is 0.210. The van der Waals surface area contributed by atoms with E-state index in [1.54, 1.807) is 6.92 Å². The van der Waals surface area contributed by atoms with Gasteiger partial charge in [-0.3, -0.25) is 4.79 Å². The van der Waals surface area contributed by atoms with Gasteiger partial charge < -0.3 is 15.2 Å². The van der Waals surface area contributed by atoms with Crippen molar-refractivity contribution in [2.24, 2.45) is 0 Å². The first kappa shape index (κ1) is 11.2. The number of nitrogens with zero attached hydrogens (tertiary/aromatic N) is 1. The largest absolute Gasteiger partial charge is 0.394 e. The van der Waals surface area contributed by atoms with Crippen LogP contribution in [0.15, 0.2) is 15.9 Å². The third kappa shape index (κ3) is 3.49. The summed E-state index contributed by atoms with van der Waals surface area (Å²) in [6.45, 7) is 1.41. The number of hydrogen-bond donors (Lipinski definition) is 3. The molecule has 0 aliphatic rings. The Hall–Kier alpha value is -0.850. The summed E-state index contributed by atoms with van der Waals surface area (Å²) in [5.74, 6) is 0.866. The van der Waals surface area contributed by atoms with Crippen LogP contribution in [0.5, 0.6) is 0 Å². The molecule has 0 fully saturated rings. The quantitative estimate of drug-likeness (QED) is 0.467. The summed E-state index contributed by atoms with van der Waals surface area (Å²) in [7, 11) is 0. The Bertz CT molecular complexity index is 353. The molecule has 0 aliphatic carbocycles. The fourth-order valence-corrected chi connectivity index (χ4v) is 1.72. The fourth-order valence-electron chi connectivity index (χ4n) is 0.860. The number of nitrogens with one attached hydrogen (secondary N) is 1. The molecule has 0 spiro atoms. The van der Waals surface area contributed by atoms with Crippen LogP contribution in [0.25, 0.3) is 0 Å². The lowest BCUT2D eigenvalue weighted by atomic mass is 10.4. The number of aliphatic hydroxyl groups excluding tert-OH is 2. The molecule has 78 valence electrons. The van der Waals surface area contributed by atoms with Crippen LogP contribution in [-0.4, -0.2) is 38.6 Å². The zero-order valence-corrected chi connectivity index (χ0v) is 8.54. The molecule has 0 radical (unpaired) electrons. The lowest BCUT2D eigenvalue weighted by molar-refractivity contribution is 0.113. The zero-order chi connectivity index (χ0) is 10.6. The van der Waals surface area contributed by atoms with Crippen molar-refractivity contribution >= 4 is 11.8 Å². The molecule has 3 N–H and O–H groups in total. The van der Waals surface area contributed by atoms with E-state index in [1.165, 1.54) is 17.8 Å². The second-order valence-corrected chi connectivity index (χ2v) is 3.86. The van der Waals surface area contributed by atoms with Gasteiger partial charge in [0, 0.05) is 11.8 Å². The lowest BCUT2D eigenvalue weighted by Crippen LogP contribution is -2.15. The Kier molecular flexibility index (Phi) is 4.12. The van der Waals surface area contributed by atoms with Crippen molar-refractivity contribution in [1.82, 2.24) is 9.97 Å². The Morgan fingerprint density at radius 1 is 1.71 bits per heavy atom. The smallest absolute Gasteiger partial charge is 0.251 e. The van der Waals surface area contributed by atoms with Crippen LogP contribution in [0.4, 0.5) is 0 Å². The van der Waals surface area contributed by atoms with Gasteiger partial charge in [-0.05, 0) is 6.92 Å².